The molecule has 10 nitrogen and oxygen atoms in total. The first kappa shape index (κ1) is 28.8. The second-order valence-electron chi connectivity index (χ2n) is 3.34. The summed E-state index contributed by atoms with van der Waals surface area (Å²) in [4.78, 5) is 27.7. The zero-order chi connectivity index (χ0) is 16.9. The average molecular weight is 338 g/mol. The van der Waals surface area contributed by atoms with Crippen LogP contribution < -0.4 is 10.2 Å². The van der Waals surface area contributed by atoms with E-state index in [1.165, 1.54) is 0 Å². The fourth-order valence-electron chi connectivity index (χ4n) is 0.618. The molecule has 11 heteroatoms. The van der Waals surface area contributed by atoms with Crippen LogP contribution in [0.2, 0.25) is 0 Å². The first-order valence-corrected chi connectivity index (χ1v) is 5.14. The van der Waals surface area contributed by atoms with E-state index < -0.39 is 43.0 Å². The summed E-state index contributed by atoms with van der Waals surface area (Å²) >= 11 is 0. The normalized spacial score (nSPS) is 14.4. The quantitative estimate of drug-likeness (QED) is 0.237. The van der Waals surface area contributed by atoms with Gasteiger partial charge in [-0.1, -0.05) is 0 Å². The first-order chi connectivity index (χ1) is 9.00. The van der Waals surface area contributed by atoms with Gasteiger partial charge in [0, 0.05) is 11.9 Å². The third-order valence-electron chi connectivity index (χ3n) is 1.42. The van der Waals surface area contributed by atoms with Crippen LogP contribution in [0.3, 0.4) is 0 Å². The van der Waals surface area contributed by atoms with Gasteiger partial charge in [-0.25, -0.2) is 0 Å². The van der Waals surface area contributed by atoms with Crippen LogP contribution in [0, 0.1) is 0 Å². The van der Waals surface area contributed by atoms with Gasteiger partial charge in [0.2, 0.25) is 0 Å². The number of aliphatic hydroxyl groups is 5. The number of aliphatic hydroxyl groups excluding tert-OH is 5. The number of aldehydes is 1. The molecule has 0 rings (SSSR count). The van der Waals surface area contributed by atoms with Crippen molar-refractivity contribution in [2.45, 2.75) is 38.3 Å². The molecule has 120 valence electrons. The second-order valence-corrected chi connectivity index (χ2v) is 3.34. The summed E-state index contributed by atoms with van der Waals surface area (Å²) in [5, 5.41) is 61.3. The van der Waals surface area contributed by atoms with Crippen LogP contribution in [-0.4, -0.2) is 113 Å². The molecule has 0 unspecified atom stereocenters. The summed E-state index contributed by atoms with van der Waals surface area (Å²) < 4.78 is 0. The van der Waals surface area contributed by atoms with E-state index in [9.17, 15) is 4.79 Å². The van der Waals surface area contributed by atoms with Crippen LogP contribution in [0.5, 0.6) is 0 Å². The Bertz CT molecular complexity index is 265. The second kappa shape index (κ2) is 17.7. The number of carboxylic acid groups (broad SMARTS) is 2. The van der Waals surface area contributed by atoms with Gasteiger partial charge >= 0.3 is 37.7 Å². The van der Waals surface area contributed by atoms with Crippen molar-refractivity contribution in [3.8, 4) is 0 Å². The maximum atomic E-state index is 9.90. The van der Waals surface area contributed by atoms with Crippen molar-refractivity contribution < 1.29 is 50.1 Å². The molecular weight excluding hydrogens is 320 g/mol. The van der Waals surface area contributed by atoms with E-state index in [-0.39, 0.29) is 44.0 Å². The largest absolute Gasteiger partial charge is 2.00 e. The van der Waals surface area contributed by atoms with Crippen molar-refractivity contribution >= 4 is 56.0 Å². The van der Waals surface area contributed by atoms with Crippen molar-refractivity contribution in [1.82, 2.24) is 0 Å². The monoisotopic (exact) mass is 338 g/mol. The number of carbonyl (C=O) groups excluding carboxylic acids is 3. The fourth-order valence-corrected chi connectivity index (χ4v) is 0.618. The molecule has 0 radical (unpaired) electrons. The Morgan fingerprint density at radius 3 is 1.48 bits per heavy atom. The van der Waals surface area contributed by atoms with Crippen LogP contribution in [0.15, 0.2) is 0 Å². The molecule has 0 aliphatic rings. The molecule has 0 heterocycles. The number of hydrogen-bond donors (Lipinski definition) is 5. The third-order valence-corrected chi connectivity index (χ3v) is 1.42. The van der Waals surface area contributed by atoms with Gasteiger partial charge in [0.15, 0.2) is 6.29 Å². The van der Waals surface area contributed by atoms with E-state index in [0.717, 1.165) is 13.8 Å². The van der Waals surface area contributed by atoms with Crippen molar-refractivity contribution in [1.29, 1.82) is 0 Å². The van der Waals surface area contributed by atoms with Crippen molar-refractivity contribution in [3.63, 3.8) is 0 Å². The smallest absolute Gasteiger partial charge is 0.550 e. The summed E-state index contributed by atoms with van der Waals surface area (Å²) in [7, 11) is 0. The maximum absolute atomic E-state index is 9.90. The summed E-state index contributed by atoms with van der Waals surface area (Å²) in [5.74, 6) is -2.17. The van der Waals surface area contributed by atoms with Crippen molar-refractivity contribution in [2.24, 2.45) is 0 Å². The molecule has 21 heavy (non-hydrogen) atoms. The van der Waals surface area contributed by atoms with E-state index in [1.807, 2.05) is 0 Å². The van der Waals surface area contributed by atoms with Gasteiger partial charge in [-0.2, -0.15) is 0 Å². The zero-order valence-corrected chi connectivity index (χ0v) is 13.8. The Labute approximate surface area is 150 Å². The molecule has 0 aliphatic heterocycles. The van der Waals surface area contributed by atoms with Crippen LogP contribution in [0.4, 0.5) is 0 Å². The Morgan fingerprint density at radius 1 is 1.00 bits per heavy atom. The molecule has 0 bridgehead atoms. The van der Waals surface area contributed by atoms with Crippen LogP contribution in [-0.2, 0) is 14.4 Å². The summed E-state index contributed by atoms with van der Waals surface area (Å²) in [6.07, 6.45) is -6.84. The molecule has 0 aromatic carbocycles. The Morgan fingerprint density at radius 2 is 1.29 bits per heavy atom. The van der Waals surface area contributed by atoms with Gasteiger partial charge in [-0.15, -0.1) is 0 Å². The minimum atomic E-state index is -1.79. The standard InChI is InChI=1S/C6H12O6.2C2H4O2.Ca/c7-1-3(9)5(11)6(12)4(10)2-8;2*1-2(3)4;/h1,3-6,8-12H,2H2;2*1H3,(H,3,4);/q;;;+2/p-2/t3-,4+,5+,6+;;;/m0.../s1. The van der Waals surface area contributed by atoms with Crippen LogP contribution in [0.25, 0.3) is 0 Å². The molecule has 0 amide bonds. The van der Waals surface area contributed by atoms with Crippen molar-refractivity contribution in [3.05, 3.63) is 0 Å². The molecule has 0 saturated heterocycles. The number of aliphatic carboxylic acids is 2. The van der Waals surface area contributed by atoms with Crippen LogP contribution in [0.1, 0.15) is 13.8 Å². The summed E-state index contributed by atoms with van der Waals surface area (Å²) in [5.41, 5.74) is 0. The number of carboxylic acids is 2. The van der Waals surface area contributed by atoms with Gasteiger partial charge < -0.3 is 50.1 Å². The topological polar surface area (TPSA) is 198 Å². The molecule has 0 aromatic rings. The van der Waals surface area contributed by atoms with E-state index in [1.54, 1.807) is 0 Å². The number of carbonyl (C=O) groups is 3. The third kappa shape index (κ3) is 25.0. The van der Waals surface area contributed by atoms with E-state index in [0.29, 0.717) is 0 Å². The summed E-state index contributed by atoms with van der Waals surface area (Å²) in [6, 6.07) is 0. The van der Waals surface area contributed by atoms with Gasteiger partial charge in [0.1, 0.15) is 24.4 Å². The predicted octanol–water partition coefficient (Wildman–Crippen LogP) is -6.25. The van der Waals surface area contributed by atoms with E-state index >= 15 is 0 Å². The molecule has 0 aromatic heterocycles. The fraction of sp³-hybridized carbons (Fsp3) is 0.700. The van der Waals surface area contributed by atoms with Gasteiger partial charge in [0.05, 0.1) is 6.61 Å². The number of rotatable bonds is 5. The van der Waals surface area contributed by atoms with Gasteiger partial charge in [-0.3, -0.25) is 0 Å². The Hall–Kier alpha value is -0.330. The van der Waals surface area contributed by atoms with Crippen LogP contribution >= 0.6 is 0 Å². The number of hydrogen-bond acceptors (Lipinski definition) is 10. The molecule has 0 fully saturated rings. The first-order valence-electron chi connectivity index (χ1n) is 5.14. The minimum absolute atomic E-state index is 0. The summed E-state index contributed by atoms with van der Waals surface area (Å²) in [6.45, 7) is 1.18. The van der Waals surface area contributed by atoms with Gasteiger partial charge in [0.25, 0.3) is 0 Å². The van der Waals surface area contributed by atoms with Gasteiger partial charge in [-0.05, 0) is 13.8 Å². The predicted molar refractivity (Wildman–Crippen MR) is 64.3 cm³/mol. The SMILES string of the molecule is CC(=O)[O-].CC(=O)[O-].O=C[C@H](O)[C@@H](O)[C@H](O)[C@H](O)CO.[Ca+2]. The average Bonchev–Trinajstić information content (AvgIpc) is 2.33. The molecule has 5 N–H and O–H groups in total. The molecular formula is C10H18CaO10. The Balaban J connectivity index is -0.000000134. The van der Waals surface area contributed by atoms with E-state index in [2.05, 4.69) is 0 Å². The van der Waals surface area contributed by atoms with Crippen molar-refractivity contribution in [2.75, 3.05) is 6.61 Å². The maximum Gasteiger partial charge on any atom is 2.00 e. The Kier molecular flexibility index (Phi) is 24.3. The minimum Gasteiger partial charge on any atom is -0.550 e. The molecule has 0 spiro atoms. The molecule has 0 saturated carbocycles. The molecule has 4 atom stereocenters. The zero-order valence-electron chi connectivity index (χ0n) is 11.6. The van der Waals surface area contributed by atoms with E-state index in [4.69, 9.17) is 45.3 Å². The molecule has 0 aliphatic carbocycles.